The van der Waals surface area contributed by atoms with Gasteiger partial charge in [-0.2, -0.15) is 23.3 Å². The maximum atomic E-state index is 12.6. The minimum absolute atomic E-state index is 0.0481. The first-order chi connectivity index (χ1) is 9.36. The SMILES string of the molecule is Cn1nccc1CCNc1cc(C(F)(F)F)nc(N)n1. The third kappa shape index (κ3) is 3.37. The molecule has 6 nitrogen and oxygen atoms in total. The van der Waals surface area contributed by atoms with E-state index in [2.05, 4.69) is 20.4 Å². The normalized spacial score (nSPS) is 11.6. The zero-order valence-electron chi connectivity index (χ0n) is 10.6. The van der Waals surface area contributed by atoms with Crippen LogP contribution in [-0.2, 0) is 19.6 Å². The van der Waals surface area contributed by atoms with Gasteiger partial charge in [0.2, 0.25) is 5.95 Å². The van der Waals surface area contributed by atoms with Crippen molar-refractivity contribution in [2.45, 2.75) is 12.6 Å². The molecule has 3 N–H and O–H groups in total. The van der Waals surface area contributed by atoms with Gasteiger partial charge in [0.1, 0.15) is 5.82 Å². The minimum Gasteiger partial charge on any atom is -0.370 e. The molecule has 0 saturated heterocycles. The number of nitrogens with zero attached hydrogens (tertiary/aromatic N) is 4. The molecule has 0 radical (unpaired) electrons. The number of nitrogens with one attached hydrogen (secondary N) is 1. The van der Waals surface area contributed by atoms with Crippen LogP contribution in [0.15, 0.2) is 18.3 Å². The molecule has 0 amide bonds. The number of halogens is 3. The van der Waals surface area contributed by atoms with E-state index in [-0.39, 0.29) is 5.82 Å². The molecule has 0 fully saturated rings. The van der Waals surface area contributed by atoms with Crippen LogP contribution in [0.4, 0.5) is 24.9 Å². The molecule has 0 spiro atoms. The molecule has 0 aromatic carbocycles. The molecule has 0 aliphatic rings. The molecule has 0 unspecified atom stereocenters. The number of anilines is 2. The van der Waals surface area contributed by atoms with Gasteiger partial charge >= 0.3 is 6.18 Å². The molecule has 0 aliphatic carbocycles. The highest BCUT2D eigenvalue weighted by molar-refractivity contribution is 5.41. The average Bonchev–Trinajstić information content (AvgIpc) is 2.73. The molecule has 0 saturated carbocycles. The zero-order chi connectivity index (χ0) is 14.8. The smallest absolute Gasteiger partial charge is 0.370 e. The van der Waals surface area contributed by atoms with Gasteiger partial charge in [-0.25, -0.2) is 4.98 Å². The van der Waals surface area contributed by atoms with E-state index in [1.54, 1.807) is 17.9 Å². The van der Waals surface area contributed by atoms with Gasteiger partial charge in [0.15, 0.2) is 5.69 Å². The Hall–Kier alpha value is -2.32. The Morgan fingerprint density at radius 1 is 1.35 bits per heavy atom. The molecule has 9 heteroatoms. The molecule has 2 rings (SSSR count). The van der Waals surface area contributed by atoms with E-state index in [0.29, 0.717) is 13.0 Å². The van der Waals surface area contributed by atoms with Crippen LogP contribution in [0.2, 0.25) is 0 Å². The monoisotopic (exact) mass is 286 g/mol. The molecule has 2 heterocycles. The lowest BCUT2D eigenvalue weighted by Gasteiger charge is -2.10. The number of nitrogens with two attached hydrogens (primary N) is 1. The second-order valence-electron chi connectivity index (χ2n) is 4.12. The number of aryl methyl sites for hydroxylation is 1. The predicted octanol–water partition coefficient (Wildman–Crippen LogP) is 1.47. The molecule has 2 aromatic rings. The summed E-state index contributed by atoms with van der Waals surface area (Å²) in [5, 5.41) is 6.79. The number of aromatic nitrogens is 4. The van der Waals surface area contributed by atoms with Gasteiger partial charge in [-0.05, 0) is 6.07 Å². The zero-order valence-corrected chi connectivity index (χ0v) is 10.6. The predicted molar refractivity (Wildman–Crippen MR) is 66.8 cm³/mol. The second-order valence-corrected chi connectivity index (χ2v) is 4.12. The molecule has 20 heavy (non-hydrogen) atoms. The van der Waals surface area contributed by atoms with Gasteiger partial charge < -0.3 is 11.1 Å². The van der Waals surface area contributed by atoms with E-state index in [0.717, 1.165) is 11.8 Å². The Balaban J connectivity index is 2.03. The van der Waals surface area contributed by atoms with Gasteiger partial charge in [-0.1, -0.05) is 0 Å². The maximum absolute atomic E-state index is 12.6. The average molecular weight is 286 g/mol. The summed E-state index contributed by atoms with van der Waals surface area (Å²) in [6.45, 7) is 0.410. The molecular formula is C11H13F3N6. The van der Waals surface area contributed by atoms with Crippen molar-refractivity contribution >= 4 is 11.8 Å². The van der Waals surface area contributed by atoms with Gasteiger partial charge in [0.05, 0.1) is 0 Å². The summed E-state index contributed by atoms with van der Waals surface area (Å²) in [6.07, 6.45) is -2.29. The summed E-state index contributed by atoms with van der Waals surface area (Å²) >= 11 is 0. The molecule has 0 aliphatic heterocycles. The van der Waals surface area contributed by atoms with Gasteiger partial charge in [-0.15, -0.1) is 0 Å². The lowest BCUT2D eigenvalue weighted by Crippen LogP contribution is -2.14. The summed E-state index contributed by atoms with van der Waals surface area (Å²) < 4.78 is 39.4. The van der Waals surface area contributed by atoms with Crippen molar-refractivity contribution in [2.75, 3.05) is 17.6 Å². The highest BCUT2D eigenvalue weighted by atomic mass is 19.4. The maximum Gasteiger partial charge on any atom is 0.433 e. The number of alkyl halides is 3. The number of hydrogen-bond acceptors (Lipinski definition) is 5. The Kier molecular flexibility index (Phi) is 3.77. The van der Waals surface area contributed by atoms with Crippen molar-refractivity contribution in [3.05, 3.63) is 29.7 Å². The van der Waals surface area contributed by atoms with Gasteiger partial charge in [-0.3, -0.25) is 4.68 Å². The fourth-order valence-corrected chi connectivity index (χ4v) is 1.67. The minimum atomic E-state index is -4.55. The van der Waals surface area contributed by atoms with E-state index in [1.165, 1.54) is 0 Å². The molecule has 108 valence electrons. The molecule has 0 atom stereocenters. The number of rotatable bonds is 4. The summed E-state index contributed by atoms with van der Waals surface area (Å²) in [6, 6.07) is 2.66. The fourth-order valence-electron chi connectivity index (χ4n) is 1.67. The van der Waals surface area contributed by atoms with E-state index in [1.807, 2.05) is 6.07 Å². The summed E-state index contributed by atoms with van der Waals surface area (Å²) in [5.41, 5.74) is 5.16. The Labute approximate surface area is 112 Å². The molecule has 0 bridgehead atoms. The highest BCUT2D eigenvalue weighted by Gasteiger charge is 2.33. The van der Waals surface area contributed by atoms with Crippen LogP contribution in [0, 0.1) is 0 Å². The first-order valence-electron chi connectivity index (χ1n) is 5.79. The van der Waals surface area contributed by atoms with Crippen molar-refractivity contribution in [3.63, 3.8) is 0 Å². The Morgan fingerprint density at radius 2 is 2.10 bits per heavy atom. The quantitative estimate of drug-likeness (QED) is 0.889. The number of nitrogen functional groups attached to an aromatic ring is 1. The fraction of sp³-hybridized carbons (Fsp3) is 0.364. The summed E-state index contributed by atoms with van der Waals surface area (Å²) in [7, 11) is 1.79. The van der Waals surface area contributed by atoms with Gasteiger partial charge in [0, 0.05) is 38.0 Å². The van der Waals surface area contributed by atoms with E-state index < -0.39 is 17.8 Å². The van der Waals surface area contributed by atoms with Crippen molar-refractivity contribution in [2.24, 2.45) is 7.05 Å². The lowest BCUT2D eigenvalue weighted by atomic mass is 10.3. The summed E-state index contributed by atoms with van der Waals surface area (Å²) in [5.74, 6) is -0.366. The first kappa shape index (κ1) is 14.1. The first-order valence-corrected chi connectivity index (χ1v) is 5.79. The van der Waals surface area contributed by atoms with Crippen molar-refractivity contribution in [1.82, 2.24) is 19.7 Å². The third-order valence-electron chi connectivity index (χ3n) is 2.64. The highest BCUT2D eigenvalue weighted by Crippen LogP contribution is 2.29. The van der Waals surface area contributed by atoms with E-state index >= 15 is 0 Å². The third-order valence-corrected chi connectivity index (χ3v) is 2.64. The molecular weight excluding hydrogens is 273 g/mol. The van der Waals surface area contributed by atoms with Crippen LogP contribution < -0.4 is 11.1 Å². The van der Waals surface area contributed by atoms with Crippen LogP contribution in [-0.4, -0.2) is 26.3 Å². The van der Waals surface area contributed by atoms with Crippen molar-refractivity contribution in [1.29, 1.82) is 0 Å². The van der Waals surface area contributed by atoms with E-state index in [4.69, 9.17) is 5.73 Å². The topological polar surface area (TPSA) is 81.7 Å². The number of hydrogen-bond donors (Lipinski definition) is 2. The van der Waals surface area contributed by atoms with E-state index in [9.17, 15) is 13.2 Å². The standard InChI is InChI=1S/C11H13F3N6/c1-20-7(3-5-17-20)2-4-16-9-6-8(11(12,13)14)18-10(15)19-9/h3,5-6H,2,4H2,1H3,(H3,15,16,18,19). The molecule has 2 aromatic heterocycles. The van der Waals surface area contributed by atoms with Crippen molar-refractivity contribution in [3.8, 4) is 0 Å². The van der Waals surface area contributed by atoms with Crippen molar-refractivity contribution < 1.29 is 13.2 Å². The van der Waals surface area contributed by atoms with Crippen LogP contribution in [0.3, 0.4) is 0 Å². The Morgan fingerprint density at radius 3 is 2.70 bits per heavy atom. The van der Waals surface area contributed by atoms with Crippen LogP contribution in [0.1, 0.15) is 11.4 Å². The van der Waals surface area contributed by atoms with Gasteiger partial charge in [0.25, 0.3) is 0 Å². The largest absolute Gasteiger partial charge is 0.433 e. The van der Waals surface area contributed by atoms with Crippen LogP contribution >= 0.6 is 0 Å². The van der Waals surface area contributed by atoms with Crippen LogP contribution in [0.25, 0.3) is 0 Å². The lowest BCUT2D eigenvalue weighted by molar-refractivity contribution is -0.141. The van der Waals surface area contributed by atoms with Crippen LogP contribution in [0.5, 0.6) is 0 Å². The summed E-state index contributed by atoms with van der Waals surface area (Å²) in [4.78, 5) is 6.89. The Bertz CT molecular complexity index is 592. The second kappa shape index (κ2) is 5.35.